The van der Waals surface area contributed by atoms with Crippen molar-refractivity contribution in [1.82, 2.24) is 19.7 Å². The van der Waals surface area contributed by atoms with Crippen molar-refractivity contribution in [1.29, 1.82) is 0 Å². The number of carbonyl (C=O) groups is 2. The molecule has 1 aromatic rings. The standard InChI is InChI=1S/C18H30N4O6S/c1-13-16(14(2)28-20-13)29(25,26)22-11-9-21(10-12-22)15(23)7-6-8-19-17(24)27-18(3,4)5/h6-12H2,1-5H3,(H,19,24). The maximum atomic E-state index is 12.8. The van der Waals surface area contributed by atoms with Crippen LogP contribution in [0.4, 0.5) is 4.79 Å². The summed E-state index contributed by atoms with van der Waals surface area (Å²) in [7, 11) is -3.70. The smallest absolute Gasteiger partial charge is 0.407 e. The number of hydrogen-bond acceptors (Lipinski definition) is 7. The Morgan fingerprint density at radius 3 is 2.31 bits per heavy atom. The number of amides is 2. The Morgan fingerprint density at radius 1 is 1.17 bits per heavy atom. The zero-order valence-corrected chi connectivity index (χ0v) is 18.5. The Hall–Kier alpha value is -2.14. The number of aromatic nitrogens is 1. The van der Waals surface area contributed by atoms with Crippen LogP contribution in [0.5, 0.6) is 0 Å². The molecule has 2 rings (SSSR count). The van der Waals surface area contributed by atoms with E-state index in [1.165, 1.54) is 4.31 Å². The Bertz CT molecular complexity index is 816. The number of rotatable bonds is 6. The van der Waals surface area contributed by atoms with Crippen molar-refractivity contribution in [2.75, 3.05) is 32.7 Å². The van der Waals surface area contributed by atoms with E-state index >= 15 is 0 Å². The summed E-state index contributed by atoms with van der Waals surface area (Å²) in [5.41, 5.74) is -0.234. The summed E-state index contributed by atoms with van der Waals surface area (Å²) in [5, 5.41) is 6.33. The van der Waals surface area contributed by atoms with Crippen LogP contribution in [0.15, 0.2) is 9.42 Å². The van der Waals surface area contributed by atoms with E-state index in [0.29, 0.717) is 31.7 Å². The number of nitrogens with zero attached hydrogens (tertiary/aromatic N) is 3. The van der Waals surface area contributed by atoms with Crippen molar-refractivity contribution in [3.8, 4) is 0 Å². The van der Waals surface area contributed by atoms with Gasteiger partial charge in [-0.2, -0.15) is 4.31 Å². The zero-order valence-electron chi connectivity index (χ0n) is 17.6. The zero-order chi connectivity index (χ0) is 21.8. The van der Waals surface area contributed by atoms with Gasteiger partial charge in [-0.1, -0.05) is 5.16 Å². The summed E-state index contributed by atoms with van der Waals surface area (Å²) < 4.78 is 37.1. The minimum Gasteiger partial charge on any atom is -0.444 e. The van der Waals surface area contributed by atoms with E-state index in [1.54, 1.807) is 39.5 Å². The van der Waals surface area contributed by atoms with Gasteiger partial charge in [0.2, 0.25) is 15.9 Å². The van der Waals surface area contributed by atoms with Gasteiger partial charge in [-0.25, -0.2) is 13.2 Å². The first kappa shape index (κ1) is 23.1. The molecule has 0 spiro atoms. The van der Waals surface area contributed by atoms with Gasteiger partial charge in [0.25, 0.3) is 0 Å². The Kier molecular flexibility index (Phi) is 7.28. The van der Waals surface area contributed by atoms with Crippen molar-refractivity contribution >= 4 is 22.0 Å². The molecule has 1 aliphatic rings. The Balaban J connectivity index is 1.78. The van der Waals surface area contributed by atoms with Crippen molar-refractivity contribution in [2.24, 2.45) is 0 Å². The highest BCUT2D eigenvalue weighted by Crippen LogP contribution is 2.24. The highest BCUT2D eigenvalue weighted by Gasteiger charge is 2.34. The van der Waals surface area contributed by atoms with E-state index in [4.69, 9.17) is 9.26 Å². The number of alkyl carbamates (subject to hydrolysis) is 1. The molecule has 0 aliphatic carbocycles. The lowest BCUT2D eigenvalue weighted by molar-refractivity contribution is -0.132. The lowest BCUT2D eigenvalue weighted by Gasteiger charge is -2.34. The van der Waals surface area contributed by atoms with E-state index < -0.39 is 21.7 Å². The van der Waals surface area contributed by atoms with E-state index in [0.717, 1.165) is 0 Å². The molecule has 0 atom stereocenters. The first-order valence-electron chi connectivity index (χ1n) is 9.59. The lowest BCUT2D eigenvalue weighted by Crippen LogP contribution is -2.50. The van der Waals surface area contributed by atoms with Crippen molar-refractivity contribution in [2.45, 2.75) is 58.0 Å². The van der Waals surface area contributed by atoms with Crippen LogP contribution >= 0.6 is 0 Å². The molecule has 2 heterocycles. The van der Waals surface area contributed by atoms with E-state index in [-0.39, 0.29) is 36.1 Å². The van der Waals surface area contributed by atoms with Crippen LogP contribution in [0, 0.1) is 13.8 Å². The molecule has 0 unspecified atom stereocenters. The molecular weight excluding hydrogens is 400 g/mol. The first-order chi connectivity index (χ1) is 13.4. The monoisotopic (exact) mass is 430 g/mol. The molecule has 1 saturated heterocycles. The Labute approximate surface area is 171 Å². The van der Waals surface area contributed by atoms with Gasteiger partial charge in [-0.3, -0.25) is 4.79 Å². The van der Waals surface area contributed by atoms with Crippen LogP contribution in [-0.2, 0) is 19.6 Å². The number of carbonyl (C=O) groups excluding carboxylic acids is 2. The number of nitrogens with one attached hydrogen (secondary N) is 1. The van der Waals surface area contributed by atoms with Gasteiger partial charge >= 0.3 is 6.09 Å². The quantitative estimate of drug-likeness (QED) is 0.677. The number of hydrogen-bond donors (Lipinski definition) is 1. The fourth-order valence-electron chi connectivity index (χ4n) is 3.05. The lowest BCUT2D eigenvalue weighted by atomic mass is 10.2. The predicted octanol–water partition coefficient (Wildman–Crippen LogP) is 1.43. The van der Waals surface area contributed by atoms with Crippen LogP contribution < -0.4 is 5.32 Å². The van der Waals surface area contributed by atoms with Crippen LogP contribution in [0.3, 0.4) is 0 Å². The highest BCUT2D eigenvalue weighted by atomic mass is 32.2. The van der Waals surface area contributed by atoms with Crippen LogP contribution in [0.2, 0.25) is 0 Å². The van der Waals surface area contributed by atoms with E-state index in [2.05, 4.69) is 10.5 Å². The van der Waals surface area contributed by atoms with E-state index in [9.17, 15) is 18.0 Å². The van der Waals surface area contributed by atoms with Gasteiger partial charge in [-0.15, -0.1) is 0 Å². The molecule has 1 aromatic heterocycles. The summed E-state index contributed by atoms with van der Waals surface area (Å²) >= 11 is 0. The van der Waals surface area contributed by atoms with Gasteiger partial charge in [0.15, 0.2) is 5.76 Å². The van der Waals surface area contributed by atoms with Gasteiger partial charge < -0.3 is 19.5 Å². The SMILES string of the molecule is Cc1noc(C)c1S(=O)(=O)N1CCN(C(=O)CCCNC(=O)OC(C)(C)C)CC1. The van der Waals surface area contributed by atoms with Crippen molar-refractivity contribution in [3.05, 3.63) is 11.5 Å². The average molecular weight is 431 g/mol. The number of aryl methyl sites for hydroxylation is 2. The Morgan fingerprint density at radius 2 is 1.79 bits per heavy atom. The van der Waals surface area contributed by atoms with Crippen molar-refractivity contribution in [3.63, 3.8) is 0 Å². The second kappa shape index (κ2) is 9.12. The maximum Gasteiger partial charge on any atom is 0.407 e. The molecule has 0 bridgehead atoms. The second-order valence-electron chi connectivity index (χ2n) is 7.97. The molecule has 11 heteroatoms. The summed E-state index contributed by atoms with van der Waals surface area (Å²) in [6.07, 6.45) is 0.241. The van der Waals surface area contributed by atoms with E-state index in [1.807, 2.05) is 0 Å². The first-order valence-corrected chi connectivity index (χ1v) is 11.0. The van der Waals surface area contributed by atoms with Gasteiger partial charge in [0.05, 0.1) is 0 Å². The van der Waals surface area contributed by atoms with Gasteiger partial charge in [0.1, 0.15) is 16.2 Å². The fraction of sp³-hybridized carbons (Fsp3) is 0.722. The van der Waals surface area contributed by atoms with Crippen LogP contribution in [0.25, 0.3) is 0 Å². The average Bonchev–Trinajstić information content (AvgIpc) is 2.96. The molecule has 1 aliphatic heterocycles. The normalized spacial score (nSPS) is 16.0. The number of ether oxygens (including phenoxy) is 1. The largest absolute Gasteiger partial charge is 0.444 e. The third-order valence-electron chi connectivity index (χ3n) is 4.39. The van der Waals surface area contributed by atoms with Crippen LogP contribution in [-0.4, -0.2) is 73.1 Å². The van der Waals surface area contributed by atoms with Gasteiger partial charge in [-0.05, 0) is 41.0 Å². The molecule has 0 aromatic carbocycles. The summed E-state index contributed by atoms with van der Waals surface area (Å²) in [6, 6.07) is 0. The highest BCUT2D eigenvalue weighted by molar-refractivity contribution is 7.89. The van der Waals surface area contributed by atoms with Crippen LogP contribution in [0.1, 0.15) is 45.1 Å². The summed E-state index contributed by atoms with van der Waals surface area (Å²) in [4.78, 5) is 25.7. The molecule has 29 heavy (non-hydrogen) atoms. The molecule has 10 nitrogen and oxygen atoms in total. The predicted molar refractivity (Wildman–Crippen MR) is 105 cm³/mol. The molecule has 2 amide bonds. The second-order valence-corrected chi connectivity index (χ2v) is 9.85. The third kappa shape index (κ3) is 6.17. The molecule has 0 saturated carbocycles. The minimum absolute atomic E-state index is 0.0645. The maximum absolute atomic E-state index is 12.8. The molecule has 164 valence electrons. The fourth-order valence-corrected chi connectivity index (χ4v) is 4.77. The topological polar surface area (TPSA) is 122 Å². The third-order valence-corrected chi connectivity index (χ3v) is 6.54. The summed E-state index contributed by atoms with van der Waals surface area (Å²) in [5.74, 6) is 0.198. The molecule has 0 radical (unpaired) electrons. The molecular formula is C18H30N4O6S. The number of piperazine rings is 1. The van der Waals surface area contributed by atoms with Crippen molar-refractivity contribution < 1.29 is 27.3 Å². The summed E-state index contributed by atoms with van der Waals surface area (Å²) in [6.45, 7) is 9.91. The molecule has 1 N–H and O–H groups in total. The minimum atomic E-state index is -3.70. The number of sulfonamides is 1. The van der Waals surface area contributed by atoms with Gasteiger partial charge in [0, 0.05) is 39.1 Å². The molecule has 1 fully saturated rings.